The second-order valence-corrected chi connectivity index (χ2v) is 12.5. The average Bonchev–Trinajstić information content (AvgIpc) is 2.93. The van der Waals surface area contributed by atoms with Crippen LogP contribution < -0.4 is 10.6 Å². The predicted octanol–water partition coefficient (Wildman–Crippen LogP) is 6.81. The summed E-state index contributed by atoms with van der Waals surface area (Å²) in [4.78, 5) is 42.9. The second kappa shape index (κ2) is 14.4. The van der Waals surface area contributed by atoms with Gasteiger partial charge in [-0.1, -0.05) is 43.3 Å². The lowest BCUT2D eigenvalue weighted by Crippen LogP contribution is -2.55. The Balaban J connectivity index is 2.06. The molecule has 0 aliphatic carbocycles. The fourth-order valence-corrected chi connectivity index (χ4v) is 5.15. The quantitative estimate of drug-likeness (QED) is 0.226. The smallest absolute Gasteiger partial charge is 0.408 e. The third-order valence-corrected chi connectivity index (χ3v) is 7.64. The van der Waals surface area contributed by atoms with E-state index in [2.05, 4.69) is 10.6 Å². The van der Waals surface area contributed by atoms with Crippen molar-refractivity contribution in [3.8, 4) is 5.75 Å². The van der Waals surface area contributed by atoms with Gasteiger partial charge >= 0.3 is 6.09 Å². The summed E-state index contributed by atoms with van der Waals surface area (Å²) in [5.41, 5.74) is 0.998. The Labute approximate surface area is 253 Å². The molecular weight excluding hydrogens is 550 g/mol. The van der Waals surface area contributed by atoms with E-state index in [4.69, 9.17) is 4.74 Å². The molecule has 3 N–H and O–H groups in total. The number of ether oxygens (including phenoxy) is 1. The zero-order valence-corrected chi connectivity index (χ0v) is 26.4. The highest BCUT2D eigenvalue weighted by Gasteiger charge is 2.38. The Hall–Kier alpha value is -3.72. The van der Waals surface area contributed by atoms with Crippen LogP contribution >= 0.6 is 11.8 Å². The third kappa shape index (κ3) is 8.64. The summed E-state index contributed by atoms with van der Waals surface area (Å²) < 4.78 is 5.47. The number of aromatic hydroxyl groups is 1. The predicted molar refractivity (Wildman–Crippen MR) is 171 cm³/mol. The summed E-state index contributed by atoms with van der Waals surface area (Å²) >= 11 is 1.56. The number of nitrogens with zero attached hydrogens (tertiary/aromatic N) is 1. The molecule has 0 spiro atoms. The molecule has 0 saturated heterocycles. The molecule has 3 unspecified atom stereocenters. The molecule has 3 aromatic rings. The average molecular weight is 594 g/mol. The molecular formula is C33H43N3O5S. The van der Waals surface area contributed by atoms with Crippen LogP contribution in [0.3, 0.4) is 0 Å². The topological polar surface area (TPSA) is 108 Å². The van der Waals surface area contributed by atoms with Crippen LogP contribution in [0.25, 0.3) is 10.8 Å². The Bertz CT molecular complexity index is 1400. The second-order valence-electron chi connectivity index (χ2n) is 11.5. The third-order valence-electron chi connectivity index (χ3n) is 7.00. The number of hydrogen-bond donors (Lipinski definition) is 3. The lowest BCUT2D eigenvalue weighted by atomic mass is 9.97. The number of hydrogen-bond acceptors (Lipinski definition) is 6. The molecule has 0 aliphatic rings. The molecule has 0 heterocycles. The van der Waals surface area contributed by atoms with E-state index < -0.39 is 29.7 Å². The number of benzene rings is 3. The molecule has 226 valence electrons. The van der Waals surface area contributed by atoms with Crippen molar-refractivity contribution in [2.75, 3.05) is 17.3 Å². The van der Waals surface area contributed by atoms with Crippen molar-refractivity contribution in [1.29, 1.82) is 0 Å². The summed E-state index contributed by atoms with van der Waals surface area (Å²) in [6.45, 7) is 10.9. The van der Waals surface area contributed by atoms with E-state index >= 15 is 0 Å². The Morgan fingerprint density at radius 2 is 1.71 bits per heavy atom. The van der Waals surface area contributed by atoms with Gasteiger partial charge in [0.15, 0.2) is 0 Å². The maximum absolute atomic E-state index is 14.4. The zero-order chi connectivity index (χ0) is 31.0. The van der Waals surface area contributed by atoms with E-state index in [0.29, 0.717) is 35.4 Å². The van der Waals surface area contributed by atoms with Crippen LogP contribution in [-0.4, -0.2) is 57.6 Å². The lowest BCUT2D eigenvalue weighted by Gasteiger charge is -2.38. The molecule has 0 bridgehead atoms. The number of phenols is 1. The van der Waals surface area contributed by atoms with Gasteiger partial charge in [0, 0.05) is 11.7 Å². The van der Waals surface area contributed by atoms with E-state index in [0.717, 1.165) is 10.8 Å². The number of carbonyl (C=O) groups is 3. The van der Waals surface area contributed by atoms with Crippen molar-refractivity contribution in [3.63, 3.8) is 0 Å². The van der Waals surface area contributed by atoms with Gasteiger partial charge in [-0.25, -0.2) is 4.79 Å². The van der Waals surface area contributed by atoms with Gasteiger partial charge in [0.25, 0.3) is 5.91 Å². The molecule has 3 aromatic carbocycles. The number of alkyl carbamates (subject to hydrolysis) is 1. The van der Waals surface area contributed by atoms with E-state index in [1.807, 2.05) is 62.6 Å². The summed E-state index contributed by atoms with van der Waals surface area (Å²) in [7, 11) is 0. The van der Waals surface area contributed by atoms with Gasteiger partial charge in [-0.3, -0.25) is 9.59 Å². The Morgan fingerprint density at radius 1 is 1.02 bits per heavy atom. The summed E-state index contributed by atoms with van der Waals surface area (Å²) in [6.07, 6.45) is 2.17. The first-order valence-electron chi connectivity index (χ1n) is 14.2. The van der Waals surface area contributed by atoms with Crippen molar-refractivity contribution in [3.05, 3.63) is 71.8 Å². The maximum atomic E-state index is 14.4. The number of phenolic OH excluding ortho intramolecular Hbond substituents is 1. The molecule has 3 amide bonds. The van der Waals surface area contributed by atoms with Crippen molar-refractivity contribution in [1.82, 2.24) is 10.2 Å². The van der Waals surface area contributed by atoms with Gasteiger partial charge in [-0.05, 0) is 106 Å². The highest BCUT2D eigenvalue weighted by atomic mass is 32.2. The first kappa shape index (κ1) is 32.8. The number of amides is 3. The van der Waals surface area contributed by atoms with E-state index in [1.165, 1.54) is 6.07 Å². The normalized spacial score (nSPS) is 13.6. The minimum absolute atomic E-state index is 0.0956. The fraction of sp³-hybridized carbons (Fsp3) is 0.424. The number of nitrogens with one attached hydrogen (secondary N) is 2. The van der Waals surface area contributed by atoms with Gasteiger partial charge in [-0.15, -0.1) is 0 Å². The van der Waals surface area contributed by atoms with Crippen LogP contribution in [0.4, 0.5) is 10.5 Å². The minimum Gasteiger partial charge on any atom is -0.508 e. The van der Waals surface area contributed by atoms with Crippen LogP contribution in [0.15, 0.2) is 60.7 Å². The fourth-order valence-electron chi connectivity index (χ4n) is 4.68. The van der Waals surface area contributed by atoms with Crippen LogP contribution in [0.2, 0.25) is 0 Å². The monoisotopic (exact) mass is 593 g/mol. The SMILES string of the molecule is CCC(C)N(C(=O)C(CCSC)NC(=O)OC(C)(C)C)C(C(=O)Nc1ccc2ccccc2c1)c1ccc(O)c(C)c1. The number of thioether (sulfide) groups is 1. The standard InChI is InChI=1S/C33H43N3O5S/c1-8-22(3)36(31(39)27(17-18-42-7)35-32(40)41-33(4,5)6)29(25-14-16-28(37)21(2)19-25)30(38)34-26-15-13-23-11-9-10-12-24(23)20-26/h9-16,19-20,22,27,29,37H,8,17-18H2,1-7H3,(H,34,38)(H,35,40). The number of anilines is 1. The minimum atomic E-state index is -1.03. The van der Waals surface area contributed by atoms with Crippen molar-refractivity contribution in [2.45, 2.75) is 78.1 Å². The maximum Gasteiger partial charge on any atom is 0.408 e. The summed E-state index contributed by atoms with van der Waals surface area (Å²) in [5, 5.41) is 18.0. The Morgan fingerprint density at radius 3 is 2.33 bits per heavy atom. The van der Waals surface area contributed by atoms with E-state index in [9.17, 15) is 19.5 Å². The Kier molecular flexibility index (Phi) is 11.3. The zero-order valence-electron chi connectivity index (χ0n) is 25.6. The molecule has 0 radical (unpaired) electrons. The van der Waals surface area contributed by atoms with Gasteiger partial charge < -0.3 is 25.4 Å². The number of fused-ring (bicyclic) bond motifs is 1. The lowest BCUT2D eigenvalue weighted by molar-refractivity contribution is -0.143. The van der Waals surface area contributed by atoms with Crippen molar-refractivity contribution < 1.29 is 24.2 Å². The molecule has 9 heteroatoms. The van der Waals surface area contributed by atoms with E-state index in [1.54, 1.807) is 56.5 Å². The van der Waals surface area contributed by atoms with Crippen LogP contribution in [0.5, 0.6) is 5.75 Å². The number of rotatable bonds is 11. The molecule has 0 saturated carbocycles. The first-order chi connectivity index (χ1) is 19.8. The van der Waals surface area contributed by atoms with Crippen LogP contribution in [0.1, 0.15) is 64.6 Å². The van der Waals surface area contributed by atoms with E-state index in [-0.39, 0.29) is 17.7 Å². The van der Waals surface area contributed by atoms with Gasteiger partial charge in [0.05, 0.1) is 0 Å². The van der Waals surface area contributed by atoms with Gasteiger partial charge in [0.1, 0.15) is 23.4 Å². The highest BCUT2D eigenvalue weighted by molar-refractivity contribution is 7.98. The van der Waals surface area contributed by atoms with Gasteiger partial charge in [0.2, 0.25) is 5.91 Å². The first-order valence-corrected chi connectivity index (χ1v) is 15.6. The highest BCUT2D eigenvalue weighted by Crippen LogP contribution is 2.31. The number of carbonyl (C=O) groups excluding carboxylic acids is 3. The summed E-state index contributed by atoms with van der Waals surface area (Å²) in [5.74, 6) is -0.0656. The molecule has 0 fully saturated rings. The molecule has 3 rings (SSSR count). The molecule has 42 heavy (non-hydrogen) atoms. The molecule has 0 aromatic heterocycles. The molecule has 0 aliphatic heterocycles. The number of aryl methyl sites for hydroxylation is 1. The molecule has 3 atom stereocenters. The largest absolute Gasteiger partial charge is 0.508 e. The summed E-state index contributed by atoms with van der Waals surface area (Å²) in [6, 6.07) is 16.2. The van der Waals surface area contributed by atoms with Crippen molar-refractivity contribution >= 4 is 46.1 Å². The van der Waals surface area contributed by atoms with Gasteiger partial charge in [-0.2, -0.15) is 11.8 Å². The van der Waals surface area contributed by atoms with Crippen LogP contribution in [0, 0.1) is 6.92 Å². The van der Waals surface area contributed by atoms with Crippen molar-refractivity contribution in [2.24, 2.45) is 0 Å². The molecule has 8 nitrogen and oxygen atoms in total. The van der Waals surface area contributed by atoms with Crippen LogP contribution in [-0.2, 0) is 14.3 Å².